The van der Waals surface area contributed by atoms with Crippen LogP contribution in [0.2, 0.25) is 5.28 Å². The van der Waals surface area contributed by atoms with Gasteiger partial charge in [-0.1, -0.05) is 12.8 Å². The van der Waals surface area contributed by atoms with Crippen LogP contribution in [0.3, 0.4) is 0 Å². The predicted molar refractivity (Wildman–Crippen MR) is 51.7 cm³/mol. The van der Waals surface area contributed by atoms with E-state index in [1.54, 1.807) is 0 Å². The van der Waals surface area contributed by atoms with E-state index in [0.717, 1.165) is 18.3 Å². The van der Waals surface area contributed by atoms with Gasteiger partial charge >= 0.3 is 0 Å². The van der Waals surface area contributed by atoms with Crippen molar-refractivity contribution in [2.24, 2.45) is 5.92 Å². The molecule has 1 aromatic rings. The topological polar surface area (TPSA) is 30.7 Å². The first-order valence-electron chi connectivity index (χ1n) is 4.82. The quantitative estimate of drug-likeness (QED) is 0.746. The Morgan fingerprint density at radius 3 is 2.77 bits per heavy atom. The summed E-state index contributed by atoms with van der Waals surface area (Å²) in [6, 6.07) is 0. The van der Waals surface area contributed by atoms with Gasteiger partial charge in [-0.05, 0) is 37.3 Å². The Bertz CT molecular complexity index is 272. The van der Waals surface area contributed by atoms with Gasteiger partial charge < -0.3 is 4.57 Å². The highest BCUT2D eigenvalue weighted by Crippen LogP contribution is 2.33. The van der Waals surface area contributed by atoms with Gasteiger partial charge in [-0.3, -0.25) is 0 Å². The molecule has 0 amide bonds. The average Bonchev–Trinajstić information content (AvgIpc) is 2.86. The lowest BCUT2D eigenvalue weighted by molar-refractivity contribution is 0.567. The largest absolute Gasteiger partial charge is 0.302 e. The highest BCUT2D eigenvalue weighted by atomic mass is 35.5. The number of hydrogen-bond donors (Lipinski definition) is 0. The predicted octanol–water partition coefficient (Wildman–Crippen LogP) is 2.43. The van der Waals surface area contributed by atoms with Crippen molar-refractivity contribution in [3.05, 3.63) is 11.1 Å². The molecule has 1 aliphatic rings. The molecule has 1 fully saturated rings. The van der Waals surface area contributed by atoms with Gasteiger partial charge in [0.15, 0.2) is 0 Å². The molecule has 13 heavy (non-hydrogen) atoms. The minimum Gasteiger partial charge on any atom is -0.302 e. The van der Waals surface area contributed by atoms with E-state index in [9.17, 15) is 0 Å². The van der Waals surface area contributed by atoms with Crippen molar-refractivity contribution >= 4 is 11.6 Å². The van der Waals surface area contributed by atoms with E-state index in [1.165, 1.54) is 25.7 Å². The smallest absolute Gasteiger partial charge is 0.225 e. The minimum absolute atomic E-state index is 0.522. The molecule has 1 heterocycles. The van der Waals surface area contributed by atoms with Crippen LogP contribution in [-0.2, 0) is 6.54 Å². The molecule has 0 saturated heterocycles. The standard InChI is InChI=1S/C9H14ClN3/c1-7-11-12-9(10)13(7)6-2-3-8-4-5-8/h8H,2-6H2,1H3. The van der Waals surface area contributed by atoms with Gasteiger partial charge in [0, 0.05) is 6.54 Å². The van der Waals surface area contributed by atoms with Crippen LogP contribution < -0.4 is 0 Å². The van der Waals surface area contributed by atoms with Crippen LogP contribution in [0.1, 0.15) is 31.5 Å². The number of halogens is 1. The molecule has 72 valence electrons. The van der Waals surface area contributed by atoms with E-state index in [4.69, 9.17) is 11.6 Å². The lowest BCUT2D eigenvalue weighted by Gasteiger charge is -2.03. The SMILES string of the molecule is Cc1nnc(Cl)n1CCCC1CC1. The maximum absolute atomic E-state index is 5.87. The second kappa shape index (κ2) is 3.66. The number of aryl methyl sites for hydroxylation is 1. The molecule has 0 N–H and O–H groups in total. The molecule has 1 aromatic heterocycles. The van der Waals surface area contributed by atoms with Crippen LogP contribution in [0.25, 0.3) is 0 Å². The second-order valence-corrected chi connectivity index (χ2v) is 4.09. The first-order valence-corrected chi connectivity index (χ1v) is 5.20. The zero-order chi connectivity index (χ0) is 9.26. The summed E-state index contributed by atoms with van der Waals surface area (Å²) in [6.07, 6.45) is 5.38. The van der Waals surface area contributed by atoms with E-state index >= 15 is 0 Å². The summed E-state index contributed by atoms with van der Waals surface area (Å²) in [5, 5.41) is 8.24. The Morgan fingerprint density at radius 1 is 1.46 bits per heavy atom. The van der Waals surface area contributed by atoms with Gasteiger partial charge in [-0.25, -0.2) is 0 Å². The summed E-state index contributed by atoms with van der Waals surface area (Å²) >= 11 is 5.87. The molecule has 1 aliphatic carbocycles. The molecule has 0 bridgehead atoms. The average molecular weight is 200 g/mol. The molecule has 2 rings (SSSR count). The summed E-state index contributed by atoms with van der Waals surface area (Å²) in [5.41, 5.74) is 0. The number of hydrogen-bond acceptors (Lipinski definition) is 2. The fourth-order valence-corrected chi connectivity index (χ4v) is 1.80. The van der Waals surface area contributed by atoms with Crippen molar-refractivity contribution < 1.29 is 0 Å². The van der Waals surface area contributed by atoms with Crippen molar-refractivity contribution in [1.82, 2.24) is 14.8 Å². The number of aromatic nitrogens is 3. The van der Waals surface area contributed by atoms with Gasteiger partial charge in [-0.2, -0.15) is 0 Å². The lowest BCUT2D eigenvalue weighted by Crippen LogP contribution is -2.01. The van der Waals surface area contributed by atoms with E-state index in [2.05, 4.69) is 10.2 Å². The van der Waals surface area contributed by atoms with Gasteiger partial charge in [0.25, 0.3) is 0 Å². The third-order valence-corrected chi connectivity index (χ3v) is 2.86. The van der Waals surface area contributed by atoms with Gasteiger partial charge in [-0.15, -0.1) is 10.2 Å². The van der Waals surface area contributed by atoms with Gasteiger partial charge in [0.2, 0.25) is 5.28 Å². The summed E-state index contributed by atoms with van der Waals surface area (Å²) in [7, 11) is 0. The van der Waals surface area contributed by atoms with Crippen LogP contribution >= 0.6 is 11.6 Å². The Kier molecular flexibility index (Phi) is 2.54. The van der Waals surface area contributed by atoms with Crippen LogP contribution in [0, 0.1) is 12.8 Å². The molecule has 4 heteroatoms. The van der Waals surface area contributed by atoms with E-state index in [1.807, 2.05) is 11.5 Å². The lowest BCUT2D eigenvalue weighted by atomic mass is 10.2. The molecule has 0 atom stereocenters. The first kappa shape index (κ1) is 9.00. The molecule has 0 spiro atoms. The van der Waals surface area contributed by atoms with Crippen molar-refractivity contribution in [1.29, 1.82) is 0 Å². The van der Waals surface area contributed by atoms with Gasteiger partial charge in [0.05, 0.1) is 0 Å². The van der Waals surface area contributed by atoms with Crippen molar-refractivity contribution in [2.45, 2.75) is 39.2 Å². The zero-order valence-corrected chi connectivity index (χ0v) is 8.59. The summed E-state index contributed by atoms with van der Waals surface area (Å²) in [5.74, 6) is 1.91. The monoisotopic (exact) mass is 199 g/mol. The first-order chi connectivity index (χ1) is 6.27. The second-order valence-electron chi connectivity index (χ2n) is 3.75. The fourth-order valence-electron chi connectivity index (χ4n) is 1.55. The summed E-state index contributed by atoms with van der Waals surface area (Å²) in [6.45, 7) is 2.91. The highest BCUT2D eigenvalue weighted by Gasteiger charge is 2.20. The van der Waals surface area contributed by atoms with Crippen LogP contribution in [-0.4, -0.2) is 14.8 Å². The fraction of sp³-hybridized carbons (Fsp3) is 0.778. The zero-order valence-electron chi connectivity index (χ0n) is 7.83. The van der Waals surface area contributed by atoms with Crippen LogP contribution in [0.5, 0.6) is 0 Å². The van der Waals surface area contributed by atoms with E-state index < -0.39 is 0 Å². The van der Waals surface area contributed by atoms with Crippen LogP contribution in [0.4, 0.5) is 0 Å². The summed E-state index contributed by atoms with van der Waals surface area (Å²) in [4.78, 5) is 0. The molecule has 3 nitrogen and oxygen atoms in total. The molecule has 0 aliphatic heterocycles. The van der Waals surface area contributed by atoms with Crippen molar-refractivity contribution in [3.63, 3.8) is 0 Å². The molecule has 1 saturated carbocycles. The number of rotatable bonds is 4. The van der Waals surface area contributed by atoms with E-state index in [-0.39, 0.29) is 0 Å². The number of nitrogens with zero attached hydrogens (tertiary/aromatic N) is 3. The van der Waals surface area contributed by atoms with Gasteiger partial charge in [0.1, 0.15) is 5.82 Å². The Morgan fingerprint density at radius 2 is 2.23 bits per heavy atom. The maximum atomic E-state index is 5.87. The third kappa shape index (κ3) is 2.21. The Balaban J connectivity index is 1.84. The third-order valence-electron chi connectivity index (χ3n) is 2.58. The Hall–Kier alpha value is -0.570. The van der Waals surface area contributed by atoms with Crippen LogP contribution in [0.15, 0.2) is 0 Å². The maximum Gasteiger partial charge on any atom is 0.225 e. The van der Waals surface area contributed by atoms with Crippen molar-refractivity contribution in [3.8, 4) is 0 Å². The Labute approximate surface area is 83.1 Å². The summed E-state index contributed by atoms with van der Waals surface area (Å²) < 4.78 is 1.98. The molecule has 0 unspecified atom stereocenters. The minimum atomic E-state index is 0.522. The molecular weight excluding hydrogens is 186 g/mol. The highest BCUT2D eigenvalue weighted by molar-refractivity contribution is 6.28. The molecule has 0 aromatic carbocycles. The normalized spacial score (nSPS) is 16.5. The van der Waals surface area contributed by atoms with E-state index in [0.29, 0.717) is 5.28 Å². The molecule has 0 radical (unpaired) electrons. The molecular formula is C9H14ClN3. The van der Waals surface area contributed by atoms with Crippen molar-refractivity contribution in [2.75, 3.05) is 0 Å².